The zero-order chi connectivity index (χ0) is 41.7. The summed E-state index contributed by atoms with van der Waals surface area (Å²) in [6.45, 7) is 0. The van der Waals surface area contributed by atoms with Crippen LogP contribution in [-0.4, -0.2) is 19.5 Å². The minimum atomic E-state index is 0.695. The molecule has 0 aliphatic heterocycles. The monoisotopic (exact) mass is 802 g/mol. The Morgan fingerprint density at radius 3 is 1.51 bits per heavy atom. The minimum Gasteiger partial charge on any atom is -0.309 e. The molecule has 0 radical (unpaired) electrons. The second-order valence-electron chi connectivity index (χ2n) is 15.9. The van der Waals surface area contributed by atoms with E-state index < -0.39 is 0 Å². The fourth-order valence-corrected chi connectivity index (χ4v) is 9.23. The van der Waals surface area contributed by atoms with Crippen LogP contribution in [0.3, 0.4) is 0 Å². The molecule has 0 saturated carbocycles. The second-order valence-corrected chi connectivity index (χ2v) is 15.9. The van der Waals surface area contributed by atoms with E-state index in [4.69, 9.17) is 15.0 Å². The summed E-state index contributed by atoms with van der Waals surface area (Å²) in [6.07, 6.45) is 0. The summed E-state index contributed by atoms with van der Waals surface area (Å²) in [7, 11) is 0. The zero-order valence-corrected chi connectivity index (χ0v) is 34.2. The van der Waals surface area contributed by atoms with Gasteiger partial charge in [0, 0.05) is 55.0 Å². The molecule has 0 fully saturated rings. The summed E-state index contributed by atoms with van der Waals surface area (Å²) < 4.78 is 2.43. The lowest BCUT2D eigenvalue weighted by Gasteiger charge is -2.13. The van der Waals surface area contributed by atoms with E-state index in [1.165, 1.54) is 27.3 Å². The van der Waals surface area contributed by atoms with Crippen molar-refractivity contribution < 1.29 is 0 Å². The number of benzene rings is 9. The molecule has 3 aromatic heterocycles. The van der Waals surface area contributed by atoms with Crippen LogP contribution in [-0.2, 0) is 0 Å². The van der Waals surface area contributed by atoms with Crippen LogP contribution >= 0.6 is 0 Å². The topological polar surface area (TPSA) is 43.6 Å². The molecule has 294 valence electrons. The Bertz CT molecular complexity index is 3620. The molecule has 12 aromatic rings. The maximum Gasteiger partial charge on any atom is 0.160 e. The van der Waals surface area contributed by atoms with Crippen molar-refractivity contribution >= 4 is 43.5 Å². The lowest BCUT2D eigenvalue weighted by Crippen LogP contribution is -1.96. The number of fused-ring (bicyclic) bond motifs is 7. The Hall–Kier alpha value is -8.47. The van der Waals surface area contributed by atoms with E-state index in [2.05, 4.69) is 211 Å². The van der Waals surface area contributed by atoms with Crippen LogP contribution in [0.5, 0.6) is 0 Å². The smallest absolute Gasteiger partial charge is 0.160 e. The van der Waals surface area contributed by atoms with Crippen molar-refractivity contribution in [3.8, 4) is 73.1 Å². The fourth-order valence-electron chi connectivity index (χ4n) is 9.23. The van der Waals surface area contributed by atoms with Crippen LogP contribution in [0.2, 0.25) is 0 Å². The van der Waals surface area contributed by atoms with Crippen LogP contribution in [0.25, 0.3) is 117 Å². The van der Waals surface area contributed by atoms with Gasteiger partial charge < -0.3 is 4.57 Å². The first-order valence-electron chi connectivity index (χ1n) is 21.4. The highest BCUT2D eigenvalue weighted by atomic mass is 15.0. The summed E-state index contributed by atoms with van der Waals surface area (Å²) in [4.78, 5) is 15.6. The summed E-state index contributed by atoms with van der Waals surface area (Å²) in [5.74, 6) is 0.695. The Labute approximate surface area is 365 Å². The molecule has 0 amide bonds. The number of aromatic nitrogens is 4. The van der Waals surface area contributed by atoms with Crippen molar-refractivity contribution in [2.24, 2.45) is 0 Å². The Morgan fingerprint density at radius 2 is 0.841 bits per heavy atom. The highest BCUT2D eigenvalue weighted by Gasteiger charge is 2.22. The zero-order valence-electron chi connectivity index (χ0n) is 34.2. The molecule has 0 bridgehead atoms. The lowest BCUT2D eigenvalue weighted by molar-refractivity contribution is 1.18. The molecular weight excluding hydrogens is 765 g/mol. The van der Waals surface area contributed by atoms with Crippen molar-refractivity contribution in [3.63, 3.8) is 0 Å². The third kappa shape index (κ3) is 6.36. The maximum atomic E-state index is 5.38. The predicted octanol–water partition coefficient (Wildman–Crippen LogP) is 15.3. The molecule has 9 aromatic carbocycles. The first-order valence-corrected chi connectivity index (χ1v) is 21.4. The number of hydrogen-bond acceptors (Lipinski definition) is 3. The van der Waals surface area contributed by atoms with E-state index in [0.29, 0.717) is 5.82 Å². The largest absolute Gasteiger partial charge is 0.309 e. The van der Waals surface area contributed by atoms with Crippen LogP contribution in [0.15, 0.2) is 231 Å². The highest BCUT2D eigenvalue weighted by Crippen LogP contribution is 2.45. The number of rotatable bonds is 7. The minimum absolute atomic E-state index is 0.695. The van der Waals surface area contributed by atoms with Gasteiger partial charge in [-0.1, -0.05) is 200 Å². The Kier molecular flexibility index (Phi) is 8.79. The van der Waals surface area contributed by atoms with Crippen LogP contribution in [0, 0.1) is 0 Å². The van der Waals surface area contributed by atoms with Crippen LogP contribution in [0.4, 0.5) is 0 Å². The van der Waals surface area contributed by atoms with Crippen LogP contribution < -0.4 is 0 Å². The number of nitrogens with zero attached hydrogens (tertiary/aromatic N) is 4. The molecule has 0 saturated heterocycles. The Morgan fingerprint density at radius 1 is 0.317 bits per heavy atom. The molecule has 12 rings (SSSR count). The number of pyridine rings is 1. The highest BCUT2D eigenvalue weighted by molar-refractivity contribution is 6.29. The van der Waals surface area contributed by atoms with Crippen molar-refractivity contribution in [2.75, 3.05) is 0 Å². The summed E-state index contributed by atoms with van der Waals surface area (Å²) in [5.41, 5.74) is 15.9. The van der Waals surface area contributed by atoms with Gasteiger partial charge in [0.1, 0.15) is 0 Å². The maximum absolute atomic E-state index is 5.38. The molecular formula is C59H38N4. The van der Waals surface area contributed by atoms with E-state index in [1.807, 2.05) is 24.3 Å². The third-order valence-corrected chi connectivity index (χ3v) is 12.2. The van der Waals surface area contributed by atoms with Crippen molar-refractivity contribution in [1.82, 2.24) is 19.5 Å². The fraction of sp³-hybridized carbons (Fsp3) is 0. The second kappa shape index (κ2) is 15.2. The molecule has 4 heteroatoms. The standard InChI is InChI=1S/C59H38N4/c1-5-16-39(17-6-1)40-28-32-42(33-29-40)52-38-53(62-59(61-52)45-20-9-3-10-21-45)43-34-30-41(31-35-43)47-25-15-26-50-55-54(63(58(47)50)46-22-11-4-12-23-46)37-36-49-48-24-13-14-27-51(48)60-57(56(49)55)44-18-7-2-8-19-44/h1-38H. The predicted molar refractivity (Wildman–Crippen MR) is 262 cm³/mol. The van der Waals surface area contributed by atoms with Gasteiger partial charge in [-0.15, -0.1) is 0 Å². The van der Waals surface area contributed by atoms with E-state index in [9.17, 15) is 0 Å². The van der Waals surface area contributed by atoms with Gasteiger partial charge in [-0.05, 0) is 52.4 Å². The van der Waals surface area contributed by atoms with Gasteiger partial charge in [-0.25, -0.2) is 15.0 Å². The Balaban J connectivity index is 1.04. The molecule has 0 N–H and O–H groups in total. The van der Waals surface area contributed by atoms with E-state index in [1.54, 1.807) is 0 Å². The van der Waals surface area contributed by atoms with E-state index in [-0.39, 0.29) is 0 Å². The molecule has 0 atom stereocenters. The van der Waals surface area contributed by atoms with Gasteiger partial charge in [-0.2, -0.15) is 0 Å². The number of hydrogen-bond donors (Lipinski definition) is 0. The normalized spacial score (nSPS) is 11.5. The number of para-hydroxylation sites is 3. The van der Waals surface area contributed by atoms with Crippen molar-refractivity contribution in [1.29, 1.82) is 0 Å². The quantitative estimate of drug-likeness (QED) is 0.151. The molecule has 0 aliphatic rings. The van der Waals surface area contributed by atoms with Crippen molar-refractivity contribution in [3.05, 3.63) is 231 Å². The van der Waals surface area contributed by atoms with E-state index >= 15 is 0 Å². The van der Waals surface area contributed by atoms with Gasteiger partial charge in [0.25, 0.3) is 0 Å². The first kappa shape index (κ1) is 36.4. The molecule has 4 nitrogen and oxygen atoms in total. The van der Waals surface area contributed by atoms with Gasteiger partial charge in [0.2, 0.25) is 0 Å². The van der Waals surface area contributed by atoms with Gasteiger partial charge >= 0.3 is 0 Å². The van der Waals surface area contributed by atoms with Gasteiger partial charge in [-0.3, -0.25) is 0 Å². The average molecular weight is 803 g/mol. The molecule has 63 heavy (non-hydrogen) atoms. The summed E-state index contributed by atoms with van der Waals surface area (Å²) >= 11 is 0. The first-order chi connectivity index (χ1) is 31.2. The molecule has 0 spiro atoms. The van der Waals surface area contributed by atoms with Gasteiger partial charge in [0.15, 0.2) is 5.82 Å². The van der Waals surface area contributed by atoms with E-state index in [0.717, 1.165) is 83.5 Å². The van der Waals surface area contributed by atoms with Crippen molar-refractivity contribution in [2.45, 2.75) is 0 Å². The summed E-state index contributed by atoms with van der Waals surface area (Å²) in [5, 5.41) is 5.88. The molecule has 0 unspecified atom stereocenters. The molecule has 3 heterocycles. The molecule has 0 aliphatic carbocycles. The lowest BCUT2D eigenvalue weighted by atomic mass is 9.95. The average Bonchev–Trinajstić information content (AvgIpc) is 3.72. The third-order valence-electron chi connectivity index (χ3n) is 12.2. The SMILES string of the molecule is c1ccc(-c2ccc(-c3cc(-c4ccc(-c5cccc6c7c8c(-c9ccccc9)nc9ccccc9c8ccc7n(-c7ccccc7)c56)cc4)nc(-c4ccccc4)n3)cc2)cc1. The van der Waals surface area contributed by atoms with Crippen LogP contribution in [0.1, 0.15) is 0 Å². The van der Waals surface area contributed by atoms with Gasteiger partial charge in [0.05, 0.1) is 33.6 Å². The summed E-state index contributed by atoms with van der Waals surface area (Å²) in [6, 6.07) is 81.5.